The van der Waals surface area contributed by atoms with Crippen molar-refractivity contribution in [3.8, 4) is 0 Å². The molecule has 2 N–H and O–H groups in total. The number of imidazole rings is 2. The number of pyridine rings is 2. The van der Waals surface area contributed by atoms with Gasteiger partial charge >= 0.3 is 0 Å². The summed E-state index contributed by atoms with van der Waals surface area (Å²) in [6, 6.07) is 12.2. The number of hydrogen-bond acceptors (Lipinski definition) is 6. The van der Waals surface area contributed by atoms with Crippen LogP contribution in [0.25, 0.3) is 0 Å². The molecule has 0 saturated heterocycles. The van der Waals surface area contributed by atoms with Gasteiger partial charge in [0, 0.05) is 75.9 Å². The number of aryl methyl sites for hydroxylation is 2. The Hall–Kier alpha value is -3.36. The standard InChI is InChI=1S/C26H32N8/c1-19-29-23-15-33(13-9-21-7-3-5-11-27-21)17-25-26(32-20(2)31-25)18-34(16-24(23)30-19)14-10-22-8-4-6-12-28-22/h3-8,11-12H,9-10,13-18H2,1-2H3,(H,29,30)(H,31,32). The summed E-state index contributed by atoms with van der Waals surface area (Å²) in [7, 11) is 0. The monoisotopic (exact) mass is 456 g/mol. The number of hydrogen-bond donors (Lipinski definition) is 2. The Morgan fingerprint density at radius 2 is 1.15 bits per heavy atom. The van der Waals surface area contributed by atoms with Gasteiger partial charge < -0.3 is 9.97 Å². The third kappa shape index (κ3) is 5.58. The van der Waals surface area contributed by atoms with Crippen molar-refractivity contribution in [1.29, 1.82) is 0 Å². The third-order valence-electron chi connectivity index (χ3n) is 6.30. The first kappa shape index (κ1) is 22.4. The molecule has 0 atom stereocenters. The van der Waals surface area contributed by atoms with Crippen molar-refractivity contribution < 1.29 is 0 Å². The fourth-order valence-electron chi connectivity index (χ4n) is 4.64. The first-order valence-electron chi connectivity index (χ1n) is 12.0. The van der Waals surface area contributed by atoms with E-state index in [-0.39, 0.29) is 0 Å². The molecule has 1 aliphatic rings. The van der Waals surface area contributed by atoms with Crippen LogP contribution in [-0.2, 0) is 39.0 Å². The lowest BCUT2D eigenvalue weighted by Crippen LogP contribution is -2.31. The van der Waals surface area contributed by atoms with Crippen LogP contribution in [0.4, 0.5) is 0 Å². The summed E-state index contributed by atoms with van der Waals surface area (Å²) in [5.41, 5.74) is 6.86. The van der Waals surface area contributed by atoms with Gasteiger partial charge in [0.25, 0.3) is 0 Å². The maximum atomic E-state index is 4.86. The van der Waals surface area contributed by atoms with Gasteiger partial charge in [-0.25, -0.2) is 9.97 Å². The highest BCUT2D eigenvalue weighted by molar-refractivity contribution is 5.19. The minimum Gasteiger partial charge on any atom is -0.345 e. The normalized spacial score (nSPS) is 15.1. The van der Waals surface area contributed by atoms with Crippen LogP contribution >= 0.6 is 0 Å². The molecule has 0 spiro atoms. The van der Waals surface area contributed by atoms with Crippen LogP contribution in [0.1, 0.15) is 45.8 Å². The summed E-state index contributed by atoms with van der Waals surface area (Å²) in [6.07, 6.45) is 5.53. The number of H-pyrrole nitrogens is 2. The van der Waals surface area contributed by atoms with Gasteiger partial charge in [0.2, 0.25) is 0 Å². The number of aromatic nitrogens is 6. The molecule has 8 heteroatoms. The fourth-order valence-corrected chi connectivity index (χ4v) is 4.64. The molecule has 5 heterocycles. The van der Waals surface area contributed by atoms with Crippen LogP contribution in [0.15, 0.2) is 48.8 Å². The topological polar surface area (TPSA) is 89.6 Å². The molecule has 4 aromatic heterocycles. The van der Waals surface area contributed by atoms with Gasteiger partial charge in [-0.3, -0.25) is 19.8 Å². The molecule has 0 aliphatic carbocycles. The lowest BCUT2D eigenvalue weighted by atomic mass is 10.1. The van der Waals surface area contributed by atoms with Gasteiger partial charge in [0.15, 0.2) is 0 Å². The molecule has 0 saturated carbocycles. The van der Waals surface area contributed by atoms with Crippen molar-refractivity contribution >= 4 is 0 Å². The van der Waals surface area contributed by atoms with Crippen molar-refractivity contribution in [1.82, 2.24) is 39.7 Å². The van der Waals surface area contributed by atoms with Crippen LogP contribution < -0.4 is 0 Å². The highest BCUT2D eigenvalue weighted by Gasteiger charge is 2.22. The van der Waals surface area contributed by atoms with Crippen molar-refractivity contribution in [2.24, 2.45) is 0 Å². The highest BCUT2D eigenvalue weighted by Crippen LogP contribution is 2.21. The SMILES string of the molecule is Cc1nc2c([nH]1)CN(CCc1ccccn1)Cc1[nH]c(C)nc1CN(CCc1ccccn1)C2. The molecule has 8 nitrogen and oxygen atoms in total. The van der Waals surface area contributed by atoms with E-state index in [0.29, 0.717) is 0 Å². The third-order valence-corrected chi connectivity index (χ3v) is 6.30. The molecule has 1 aliphatic heterocycles. The van der Waals surface area contributed by atoms with Gasteiger partial charge in [-0.1, -0.05) is 12.1 Å². The predicted molar refractivity (Wildman–Crippen MR) is 131 cm³/mol. The van der Waals surface area contributed by atoms with E-state index in [2.05, 4.69) is 54.0 Å². The molecular weight excluding hydrogens is 424 g/mol. The second-order valence-electron chi connectivity index (χ2n) is 9.06. The summed E-state index contributed by atoms with van der Waals surface area (Å²) in [6.45, 7) is 9.08. The van der Waals surface area contributed by atoms with E-state index in [0.717, 1.165) is 86.5 Å². The number of rotatable bonds is 6. The van der Waals surface area contributed by atoms with Gasteiger partial charge in [0.1, 0.15) is 11.6 Å². The average Bonchev–Trinajstić information content (AvgIpc) is 3.37. The van der Waals surface area contributed by atoms with Crippen molar-refractivity contribution in [3.63, 3.8) is 0 Å². The minimum absolute atomic E-state index is 0.784. The lowest BCUT2D eigenvalue weighted by Gasteiger charge is -2.27. The predicted octanol–water partition coefficient (Wildman–Crippen LogP) is 3.34. The molecule has 4 aromatic rings. The Labute approximate surface area is 200 Å². The van der Waals surface area contributed by atoms with E-state index in [9.17, 15) is 0 Å². The molecular formula is C26H32N8. The van der Waals surface area contributed by atoms with E-state index in [1.807, 2.05) is 38.4 Å². The maximum absolute atomic E-state index is 4.86. The molecule has 0 radical (unpaired) electrons. The first-order chi connectivity index (χ1) is 16.6. The Balaban J connectivity index is 1.39. The summed E-state index contributed by atoms with van der Waals surface area (Å²) < 4.78 is 0. The van der Waals surface area contributed by atoms with Gasteiger partial charge in [-0.2, -0.15) is 0 Å². The largest absolute Gasteiger partial charge is 0.345 e. The van der Waals surface area contributed by atoms with Gasteiger partial charge in [-0.05, 0) is 38.1 Å². The minimum atomic E-state index is 0.784. The number of fused-ring (bicyclic) bond motifs is 2. The second-order valence-corrected chi connectivity index (χ2v) is 9.06. The van der Waals surface area contributed by atoms with Crippen LogP contribution in [0.2, 0.25) is 0 Å². The molecule has 0 amide bonds. The molecule has 176 valence electrons. The smallest absolute Gasteiger partial charge is 0.103 e. The molecule has 0 bridgehead atoms. The van der Waals surface area contributed by atoms with Gasteiger partial charge in [-0.15, -0.1) is 0 Å². The fraction of sp³-hybridized carbons (Fsp3) is 0.385. The van der Waals surface area contributed by atoms with Crippen molar-refractivity contribution in [2.45, 2.75) is 52.9 Å². The Bertz CT molecular complexity index is 1060. The molecule has 0 fully saturated rings. The Morgan fingerprint density at radius 3 is 1.59 bits per heavy atom. The van der Waals surface area contributed by atoms with E-state index in [4.69, 9.17) is 9.97 Å². The zero-order valence-corrected chi connectivity index (χ0v) is 20.0. The molecule has 34 heavy (non-hydrogen) atoms. The van der Waals surface area contributed by atoms with Crippen LogP contribution in [0, 0.1) is 13.8 Å². The van der Waals surface area contributed by atoms with E-state index in [1.165, 1.54) is 11.4 Å². The summed E-state index contributed by atoms with van der Waals surface area (Å²) in [5, 5.41) is 0. The van der Waals surface area contributed by atoms with Crippen LogP contribution in [0.3, 0.4) is 0 Å². The van der Waals surface area contributed by atoms with Gasteiger partial charge in [0.05, 0.1) is 22.8 Å². The quantitative estimate of drug-likeness (QED) is 0.463. The Morgan fingerprint density at radius 1 is 0.676 bits per heavy atom. The second kappa shape index (κ2) is 10.3. The maximum Gasteiger partial charge on any atom is 0.103 e. The van der Waals surface area contributed by atoms with E-state index < -0.39 is 0 Å². The van der Waals surface area contributed by atoms with Crippen molar-refractivity contribution in [3.05, 3.63) is 94.6 Å². The zero-order valence-electron chi connectivity index (χ0n) is 20.0. The number of nitrogens with zero attached hydrogens (tertiary/aromatic N) is 6. The summed E-state index contributed by atoms with van der Waals surface area (Å²) in [4.78, 5) is 30.7. The molecule has 0 unspecified atom stereocenters. The molecule has 0 aromatic carbocycles. The highest BCUT2D eigenvalue weighted by atomic mass is 15.2. The summed E-state index contributed by atoms with van der Waals surface area (Å²) >= 11 is 0. The number of nitrogens with one attached hydrogen (secondary N) is 2. The molecule has 5 rings (SSSR count). The zero-order chi connectivity index (χ0) is 23.3. The van der Waals surface area contributed by atoms with Crippen molar-refractivity contribution in [2.75, 3.05) is 13.1 Å². The Kier molecular flexibility index (Phi) is 6.78. The lowest BCUT2D eigenvalue weighted by molar-refractivity contribution is 0.225. The first-order valence-corrected chi connectivity index (χ1v) is 12.0. The summed E-state index contributed by atoms with van der Waals surface area (Å²) in [5.74, 6) is 1.93. The number of aromatic amines is 2. The van der Waals surface area contributed by atoms with Crippen LogP contribution in [-0.4, -0.2) is 52.8 Å². The van der Waals surface area contributed by atoms with E-state index in [1.54, 1.807) is 0 Å². The van der Waals surface area contributed by atoms with Crippen LogP contribution in [0.5, 0.6) is 0 Å². The average molecular weight is 457 g/mol. The van der Waals surface area contributed by atoms with E-state index >= 15 is 0 Å².